The molecule has 2 N–H and O–H groups in total. The Morgan fingerprint density at radius 2 is 2.10 bits per heavy atom. The molecule has 1 aliphatic heterocycles. The Balaban J connectivity index is 1.83. The Hall–Kier alpha value is -2.24. The number of ether oxygens (including phenoxy) is 2. The predicted octanol–water partition coefficient (Wildman–Crippen LogP) is 1.33. The first-order valence-corrected chi connectivity index (χ1v) is 6.44. The average Bonchev–Trinajstić information content (AvgIpc) is 2.83. The van der Waals surface area contributed by atoms with Gasteiger partial charge in [-0.15, -0.1) is 0 Å². The van der Waals surface area contributed by atoms with Crippen LogP contribution in [0.1, 0.15) is 25.3 Å². The Morgan fingerprint density at radius 1 is 1.35 bits per heavy atom. The lowest BCUT2D eigenvalue weighted by Gasteiger charge is -2.12. The molecule has 1 unspecified atom stereocenters. The SMILES string of the molecule is CC(CCC(=O)O)NC(=O)Cc1ccc2c(c1)OCO2. The molecule has 108 valence electrons. The minimum atomic E-state index is -0.859. The van der Waals surface area contributed by atoms with E-state index in [2.05, 4.69) is 5.32 Å². The molecular formula is C14H17NO5. The van der Waals surface area contributed by atoms with E-state index in [1.54, 1.807) is 19.1 Å². The highest BCUT2D eigenvalue weighted by atomic mass is 16.7. The van der Waals surface area contributed by atoms with Crippen LogP contribution >= 0.6 is 0 Å². The summed E-state index contributed by atoms with van der Waals surface area (Å²) in [6.45, 7) is 2.00. The molecule has 0 saturated heterocycles. The third-order valence-corrected chi connectivity index (χ3v) is 3.00. The Bertz CT molecular complexity index is 514. The van der Waals surface area contributed by atoms with Crippen LogP contribution in [0.4, 0.5) is 0 Å². The lowest BCUT2D eigenvalue weighted by Crippen LogP contribution is -2.34. The van der Waals surface area contributed by atoms with E-state index in [-0.39, 0.29) is 31.6 Å². The summed E-state index contributed by atoms with van der Waals surface area (Å²) in [5, 5.41) is 11.4. The van der Waals surface area contributed by atoms with Crippen molar-refractivity contribution in [1.82, 2.24) is 5.32 Å². The monoisotopic (exact) mass is 279 g/mol. The molecule has 0 radical (unpaired) electrons. The zero-order valence-electron chi connectivity index (χ0n) is 11.2. The second-order valence-corrected chi connectivity index (χ2v) is 4.77. The first-order valence-electron chi connectivity index (χ1n) is 6.44. The van der Waals surface area contributed by atoms with Gasteiger partial charge < -0.3 is 19.9 Å². The van der Waals surface area contributed by atoms with Crippen molar-refractivity contribution in [2.75, 3.05) is 6.79 Å². The number of hydrogen-bond donors (Lipinski definition) is 2. The number of carboxylic acids is 1. The average molecular weight is 279 g/mol. The highest BCUT2D eigenvalue weighted by Crippen LogP contribution is 2.32. The third kappa shape index (κ3) is 3.88. The van der Waals surface area contributed by atoms with E-state index in [9.17, 15) is 9.59 Å². The minimum absolute atomic E-state index is 0.0471. The minimum Gasteiger partial charge on any atom is -0.481 e. The number of carbonyl (C=O) groups is 2. The Labute approximate surface area is 116 Å². The molecular weight excluding hydrogens is 262 g/mol. The van der Waals surface area contributed by atoms with Gasteiger partial charge in [-0.1, -0.05) is 6.07 Å². The van der Waals surface area contributed by atoms with Crippen LogP contribution in [-0.2, 0) is 16.0 Å². The van der Waals surface area contributed by atoms with Crippen LogP contribution in [0, 0.1) is 0 Å². The molecule has 2 rings (SSSR count). The van der Waals surface area contributed by atoms with Crippen LogP contribution in [-0.4, -0.2) is 29.8 Å². The van der Waals surface area contributed by atoms with Gasteiger partial charge in [0.1, 0.15) is 0 Å². The summed E-state index contributed by atoms with van der Waals surface area (Å²) < 4.78 is 10.4. The number of carbonyl (C=O) groups excluding carboxylic acids is 1. The molecule has 0 saturated carbocycles. The molecule has 0 fully saturated rings. The van der Waals surface area contributed by atoms with Crippen molar-refractivity contribution in [3.8, 4) is 11.5 Å². The number of fused-ring (bicyclic) bond motifs is 1. The second-order valence-electron chi connectivity index (χ2n) is 4.77. The van der Waals surface area contributed by atoms with Crippen molar-refractivity contribution >= 4 is 11.9 Å². The van der Waals surface area contributed by atoms with E-state index in [0.717, 1.165) is 5.56 Å². The Kier molecular flexibility index (Phi) is 4.45. The molecule has 1 aliphatic rings. The lowest BCUT2D eigenvalue weighted by atomic mass is 10.1. The zero-order chi connectivity index (χ0) is 14.5. The van der Waals surface area contributed by atoms with E-state index in [4.69, 9.17) is 14.6 Å². The number of rotatable bonds is 6. The van der Waals surface area contributed by atoms with E-state index >= 15 is 0 Å². The molecule has 0 bridgehead atoms. The summed E-state index contributed by atoms with van der Waals surface area (Å²) in [7, 11) is 0. The molecule has 1 amide bonds. The van der Waals surface area contributed by atoms with E-state index in [0.29, 0.717) is 17.9 Å². The number of amides is 1. The number of benzene rings is 1. The van der Waals surface area contributed by atoms with Crippen LogP contribution in [0.5, 0.6) is 11.5 Å². The van der Waals surface area contributed by atoms with Gasteiger partial charge in [-0.3, -0.25) is 9.59 Å². The summed E-state index contributed by atoms with van der Waals surface area (Å²) in [6, 6.07) is 5.21. The maximum atomic E-state index is 11.8. The van der Waals surface area contributed by atoms with Crippen LogP contribution < -0.4 is 14.8 Å². The fourth-order valence-electron chi connectivity index (χ4n) is 1.97. The lowest BCUT2D eigenvalue weighted by molar-refractivity contribution is -0.137. The number of hydrogen-bond acceptors (Lipinski definition) is 4. The molecule has 0 spiro atoms. The van der Waals surface area contributed by atoms with Crippen LogP contribution in [0.3, 0.4) is 0 Å². The highest BCUT2D eigenvalue weighted by Gasteiger charge is 2.15. The molecule has 1 heterocycles. The van der Waals surface area contributed by atoms with E-state index in [1.165, 1.54) is 0 Å². The van der Waals surface area contributed by atoms with Crippen molar-refractivity contribution in [2.24, 2.45) is 0 Å². The standard InChI is InChI=1S/C14H17NO5/c1-9(2-5-14(17)18)15-13(16)7-10-3-4-11-12(6-10)20-8-19-11/h3-4,6,9H,2,5,7-8H2,1H3,(H,15,16)(H,17,18). The smallest absolute Gasteiger partial charge is 0.303 e. The maximum absolute atomic E-state index is 11.8. The van der Waals surface area contributed by atoms with Crippen molar-refractivity contribution in [3.05, 3.63) is 23.8 Å². The summed E-state index contributed by atoms with van der Waals surface area (Å²) >= 11 is 0. The van der Waals surface area contributed by atoms with E-state index in [1.807, 2.05) is 6.07 Å². The normalized spacial score (nSPS) is 13.8. The van der Waals surface area contributed by atoms with Gasteiger partial charge in [-0.2, -0.15) is 0 Å². The predicted molar refractivity (Wildman–Crippen MR) is 70.7 cm³/mol. The maximum Gasteiger partial charge on any atom is 0.303 e. The van der Waals surface area contributed by atoms with Gasteiger partial charge in [0.2, 0.25) is 12.7 Å². The van der Waals surface area contributed by atoms with Gasteiger partial charge in [-0.25, -0.2) is 0 Å². The molecule has 6 nitrogen and oxygen atoms in total. The molecule has 0 aliphatic carbocycles. The highest BCUT2D eigenvalue weighted by molar-refractivity contribution is 5.79. The van der Waals surface area contributed by atoms with Crippen molar-refractivity contribution in [2.45, 2.75) is 32.2 Å². The van der Waals surface area contributed by atoms with Crippen LogP contribution in [0.25, 0.3) is 0 Å². The number of aliphatic carboxylic acids is 1. The molecule has 1 aromatic rings. The molecule has 0 aromatic heterocycles. The van der Waals surface area contributed by atoms with Crippen LogP contribution in [0.2, 0.25) is 0 Å². The van der Waals surface area contributed by atoms with E-state index < -0.39 is 5.97 Å². The fourth-order valence-corrected chi connectivity index (χ4v) is 1.97. The quantitative estimate of drug-likeness (QED) is 0.820. The van der Waals surface area contributed by atoms with Crippen molar-refractivity contribution < 1.29 is 24.2 Å². The van der Waals surface area contributed by atoms with Gasteiger partial charge in [0.05, 0.1) is 6.42 Å². The molecule has 1 atom stereocenters. The van der Waals surface area contributed by atoms with Gasteiger partial charge in [0.15, 0.2) is 11.5 Å². The fraction of sp³-hybridized carbons (Fsp3) is 0.429. The molecule has 20 heavy (non-hydrogen) atoms. The van der Waals surface area contributed by atoms with Crippen molar-refractivity contribution in [1.29, 1.82) is 0 Å². The van der Waals surface area contributed by atoms with Crippen LogP contribution in [0.15, 0.2) is 18.2 Å². The van der Waals surface area contributed by atoms with Crippen molar-refractivity contribution in [3.63, 3.8) is 0 Å². The topological polar surface area (TPSA) is 84.9 Å². The van der Waals surface area contributed by atoms with Gasteiger partial charge in [-0.05, 0) is 31.0 Å². The third-order valence-electron chi connectivity index (χ3n) is 3.00. The largest absolute Gasteiger partial charge is 0.481 e. The summed E-state index contributed by atoms with van der Waals surface area (Å²) in [5.41, 5.74) is 0.831. The van der Waals surface area contributed by atoms with Gasteiger partial charge in [0.25, 0.3) is 0 Å². The summed E-state index contributed by atoms with van der Waals surface area (Å²) in [6.07, 6.45) is 0.696. The summed E-state index contributed by atoms with van der Waals surface area (Å²) in [5.74, 6) is 0.335. The van der Waals surface area contributed by atoms with Gasteiger partial charge in [0, 0.05) is 12.5 Å². The number of nitrogens with one attached hydrogen (secondary N) is 1. The first kappa shape index (κ1) is 14.2. The molecule has 1 aromatic carbocycles. The Morgan fingerprint density at radius 3 is 2.85 bits per heavy atom. The van der Waals surface area contributed by atoms with Gasteiger partial charge >= 0.3 is 5.97 Å². The number of carboxylic acid groups (broad SMARTS) is 1. The second kappa shape index (κ2) is 6.27. The zero-order valence-corrected chi connectivity index (χ0v) is 11.2. The summed E-state index contributed by atoms with van der Waals surface area (Å²) in [4.78, 5) is 22.3. The molecule has 6 heteroatoms. The first-order chi connectivity index (χ1) is 9.54.